The van der Waals surface area contributed by atoms with E-state index in [0.29, 0.717) is 15.6 Å². The highest BCUT2D eigenvalue weighted by molar-refractivity contribution is 6.35. The molecular formula is C19H15Cl2NO2. The van der Waals surface area contributed by atoms with Crippen LogP contribution in [0.5, 0.6) is 0 Å². The first kappa shape index (κ1) is 15.6. The number of rotatable bonds is 2. The molecule has 1 heterocycles. The fraction of sp³-hybridized carbons (Fsp3) is 0.211. The van der Waals surface area contributed by atoms with Gasteiger partial charge < -0.3 is 10.4 Å². The van der Waals surface area contributed by atoms with Crippen molar-refractivity contribution in [2.75, 3.05) is 5.32 Å². The van der Waals surface area contributed by atoms with Gasteiger partial charge in [0, 0.05) is 27.2 Å². The van der Waals surface area contributed by atoms with E-state index in [9.17, 15) is 9.90 Å². The van der Waals surface area contributed by atoms with Gasteiger partial charge in [-0.15, -0.1) is 0 Å². The molecule has 1 aliphatic heterocycles. The molecule has 4 rings (SSSR count). The molecule has 24 heavy (non-hydrogen) atoms. The smallest absolute Gasteiger partial charge is 0.336 e. The molecular weight excluding hydrogens is 345 g/mol. The van der Waals surface area contributed by atoms with Gasteiger partial charge in [0.25, 0.3) is 0 Å². The van der Waals surface area contributed by atoms with Crippen LogP contribution in [0.1, 0.15) is 39.9 Å². The molecule has 1 aliphatic carbocycles. The highest BCUT2D eigenvalue weighted by atomic mass is 35.5. The molecule has 0 spiro atoms. The molecule has 2 N–H and O–H groups in total. The average molecular weight is 360 g/mol. The third kappa shape index (κ3) is 2.40. The van der Waals surface area contributed by atoms with Crippen molar-refractivity contribution in [3.05, 3.63) is 75.3 Å². The van der Waals surface area contributed by atoms with Crippen LogP contribution >= 0.6 is 23.2 Å². The number of halogens is 2. The molecule has 0 amide bonds. The number of aromatic carboxylic acids is 1. The Labute approximate surface area is 149 Å². The largest absolute Gasteiger partial charge is 0.478 e. The fourth-order valence-electron chi connectivity index (χ4n) is 3.91. The Bertz CT molecular complexity index is 862. The van der Waals surface area contributed by atoms with Gasteiger partial charge in [0.1, 0.15) is 0 Å². The third-order valence-electron chi connectivity index (χ3n) is 4.91. The number of allylic oxidation sites excluding steroid dienone is 2. The number of benzene rings is 2. The standard InChI is InChI=1S/C19H15Cl2NO2/c20-10-8-15(21)17-11-6-3-7-12(11)18(22-16(17)9-10)13-4-1-2-5-14(13)19(23)24/h1-6,8-9,11-12,18,22H,7H2,(H,23,24)/t11-,12-,18-/m1/s1. The minimum absolute atomic E-state index is 0.0978. The van der Waals surface area contributed by atoms with E-state index in [4.69, 9.17) is 23.2 Å². The van der Waals surface area contributed by atoms with E-state index < -0.39 is 5.97 Å². The lowest BCUT2D eigenvalue weighted by atomic mass is 9.76. The topological polar surface area (TPSA) is 49.3 Å². The zero-order valence-electron chi connectivity index (χ0n) is 12.7. The van der Waals surface area contributed by atoms with Crippen molar-refractivity contribution < 1.29 is 9.90 Å². The molecule has 5 heteroatoms. The maximum atomic E-state index is 11.6. The summed E-state index contributed by atoms with van der Waals surface area (Å²) < 4.78 is 0. The number of hydrogen-bond donors (Lipinski definition) is 2. The normalized spacial score (nSPS) is 24.2. The average Bonchev–Trinajstić information content (AvgIpc) is 3.02. The second-order valence-electron chi connectivity index (χ2n) is 6.22. The maximum Gasteiger partial charge on any atom is 0.336 e. The van der Waals surface area contributed by atoms with Gasteiger partial charge in [-0.3, -0.25) is 0 Å². The van der Waals surface area contributed by atoms with Gasteiger partial charge in [-0.25, -0.2) is 4.79 Å². The molecule has 2 aromatic rings. The second-order valence-corrected chi connectivity index (χ2v) is 7.06. The summed E-state index contributed by atoms with van der Waals surface area (Å²) in [6.45, 7) is 0. The SMILES string of the molecule is O=C(O)c1ccccc1[C@@H]1Nc2cc(Cl)cc(Cl)c2[C@@H]2C=CC[C@H]21. The lowest BCUT2D eigenvalue weighted by Gasteiger charge is -2.38. The van der Waals surface area contributed by atoms with Crippen molar-refractivity contribution in [2.24, 2.45) is 5.92 Å². The van der Waals surface area contributed by atoms with Crippen LogP contribution < -0.4 is 5.32 Å². The van der Waals surface area contributed by atoms with E-state index in [1.807, 2.05) is 18.2 Å². The summed E-state index contributed by atoms with van der Waals surface area (Å²) in [5.74, 6) is -0.514. The van der Waals surface area contributed by atoms with Crippen molar-refractivity contribution in [3.8, 4) is 0 Å². The summed E-state index contributed by atoms with van der Waals surface area (Å²) in [6, 6.07) is 10.7. The molecule has 122 valence electrons. The molecule has 0 unspecified atom stereocenters. The lowest BCUT2D eigenvalue weighted by Crippen LogP contribution is -2.30. The van der Waals surface area contributed by atoms with Gasteiger partial charge in [0.15, 0.2) is 0 Å². The number of carbonyl (C=O) groups is 1. The van der Waals surface area contributed by atoms with Crippen molar-refractivity contribution in [1.82, 2.24) is 0 Å². The van der Waals surface area contributed by atoms with E-state index in [1.165, 1.54) is 0 Å². The summed E-state index contributed by atoms with van der Waals surface area (Å²) in [5, 5.41) is 14.2. The Balaban J connectivity index is 1.86. The first-order valence-corrected chi connectivity index (χ1v) is 8.56. The van der Waals surface area contributed by atoms with Crippen LogP contribution in [0, 0.1) is 5.92 Å². The molecule has 0 bridgehead atoms. The van der Waals surface area contributed by atoms with E-state index in [-0.39, 0.29) is 17.9 Å². The van der Waals surface area contributed by atoms with Gasteiger partial charge >= 0.3 is 5.97 Å². The number of carboxylic acids is 1. The van der Waals surface area contributed by atoms with Gasteiger partial charge in [0.05, 0.1) is 11.6 Å². The van der Waals surface area contributed by atoms with Crippen molar-refractivity contribution in [1.29, 1.82) is 0 Å². The predicted octanol–water partition coefficient (Wildman–Crippen LogP) is 5.52. The second kappa shape index (κ2) is 5.83. The van der Waals surface area contributed by atoms with E-state index in [0.717, 1.165) is 23.2 Å². The molecule has 3 atom stereocenters. The van der Waals surface area contributed by atoms with E-state index >= 15 is 0 Å². The maximum absolute atomic E-state index is 11.6. The Morgan fingerprint density at radius 3 is 2.79 bits per heavy atom. The minimum Gasteiger partial charge on any atom is -0.478 e. The number of fused-ring (bicyclic) bond motifs is 3. The van der Waals surface area contributed by atoms with Crippen molar-refractivity contribution >= 4 is 34.9 Å². The lowest BCUT2D eigenvalue weighted by molar-refractivity contribution is 0.0694. The summed E-state index contributed by atoms with van der Waals surface area (Å²) in [6.07, 6.45) is 5.20. The van der Waals surface area contributed by atoms with Crippen LogP contribution in [0.15, 0.2) is 48.6 Å². The van der Waals surface area contributed by atoms with Gasteiger partial charge in [-0.05, 0) is 36.1 Å². The molecule has 2 aromatic carbocycles. The van der Waals surface area contributed by atoms with Crippen molar-refractivity contribution in [3.63, 3.8) is 0 Å². The quantitative estimate of drug-likeness (QED) is 0.694. The van der Waals surface area contributed by atoms with Crippen LogP contribution in [0.3, 0.4) is 0 Å². The Hall–Kier alpha value is -1.97. The van der Waals surface area contributed by atoms with Gasteiger partial charge in [-0.1, -0.05) is 53.6 Å². The first-order chi connectivity index (χ1) is 11.6. The summed E-state index contributed by atoms with van der Waals surface area (Å²) in [7, 11) is 0. The van der Waals surface area contributed by atoms with Gasteiger partial charge in [-0.2, -0.15) is 0 Å². The van der Waals surface area contributed by atoms with Crippen molar-refractivity contribution in [2.45, 2.75) is 18.4 Å². The van der Waals surface area contributed by atoms with Crippen LogP contribution in [-0.4, -0.2) is 11.1 Å². The fourth-order valence-corrected chi connectivity index (χ4v) is 4.53. The monoisotopic (exact) mass is 359 g/mol. The molecule has 0 aromatic heterocycles. The van der Waals surface area contributed by atoms with Crippen LogP contribution in [0.2, 0.25) is 10.0 Å². The molecule has 0 saturated carbocycles. The Kier molecular flexibility index (Phi) is 3.78. The number of nitrogens with one attached hydrogen (secondary N) is 1. The minimum atomic E-state index is -0.912. The Morgan fingerprint density at radius 1 is 1.21 bits per heavy atom. The molecule has 0 saturated heterocycles. The number of anilines is 1. The highest BCUT2D eigenvalue weighted by Crippen LogP contribution is 2.52. The molecule has 0 radical (unpaired) electrons. The number of carboxylic acid groups (broad SMARTS) is 1. The van der Waals surface area contributed by atoms with Gasteiger partial charge in [0.2, 0.25) is 0 Å². The molecule has 3 nitrogen and oxygen atoms in total. The first-order valence-electron chi connectivity index (χ1n) is 7.80. The van der Waals surface area contributed by atoms with Crippen LogP contribution in [0.25, 0.3) is 0 Å². The zero-order chi connectivity index (χ0) is 16.8. The predicted molar refractivity (Wildman–Crippen MR) is 96.2 cm³/mol. The molecule has 2 aliphatic rings. The summed E-state index contributed by atoms with van der Waals surface area (Å²) in [5.41, 5.74) is 3.05. The zero-order valence-corrected chi connectivity index (χ0v) is 14.2. The summed E-state index contributed by atoms with van der Waals surface area (Å²) >= 11 is 12.6. The number of hydrogen-bond acceptors (Lipinski definition) is 2. The van der Waals surface area contributed by atoms with Crippen LogP contribution in [-0.2, 0) is 0 Å². The highest BCUT2D eigenvalue weighted by Gasteiger charge is 2.40. The summed E-state index contributed by atoms with van der Waals surface area (Å²) in [4.78, 5) is 11.6. The Morgan fingerprint density at radius 2 is 2.00 bits per heavy atom. The van der Waals surface area contributed by atoms with Crippen LogP contribution in [0.4, 0.5) is 5.69 Å². The van der Waals surface area contributed by atoms with E-state index in [2.05, 4.69) is 17.5 Å². The van der Waals surface area contributed by atoms with E-state index in [1.54, 1.807) is 18.2 Å². The third-order valence-corrected chi connectivity index (χ3v) is 5.44. The molecule has 0 fully saturated rings.